The number of carbonyl (C=O) groups is 2. The summed E-state index contributed by atoms with van der Waals surface area (Å²) in [6.45, 7) is 1.71. The minimum atomic E-state index is -4.78. The van der Waals surface area contributed by atoms with Crippen LogP contribution >= 0.6 is 11.3 Å². The number of piperazine rings is 1. The lowest BCUT2D eigenvalue weighted by atomic mass is 10.2. The third-order valence-corrected chi connectivity index (χ3v) is 5.11. The normalized spacial score (nSPS) is 17.4. The van der Waals surface area contributed by atoms with Crippen LogP contribution in [0.5, 0.6) is 5.75 Å². The van der Waals surface area contributed by atoms with Gasteiger partial charge in [-0.2, -0.15) is 0 Å². The number of ether oxygens (including phenoxy) is 1. The fraction of sp³-hybridized carbons (Fsp3) is 0.438. The monoisotopic (exact) mass is 417 g/mol. The summed E-state index contributed by atoms with van der Waals surface area (Å²) in [6.07, 6.45) is -4.78. The zero-order valence-corrected chi connectivity index (χ0v) is 15.6. The van der Waals surface area contributed by atoms with Gasteiger partial charge in [0.05, 0.1) is 22.8 Å². The first-order chi connectivity index (χ1) is 13.2. The van der Waals surface area contributed by atoms with Gasteiger partial charge in [-0.05, 0) is 12.1 Å². The van der Waals surface area contributed by atoms with Crippen LogP contribution in [0.25, 0.3) is 10.2 Å². The van der Waals surface area contributed by atoms with E-state index in [9.17, 15) is 22.8 Å². The molecule has 1 aliphatic heterocycles. The fourth-order valence-corrected chi connectivity index (χ4v) is 3.56. The third-order valence-electron chi connectivity index (χ3n) is 4.01. The molecular weight excluding hydrogens is 399 g/mol. The Kier molecular flexibility index (Phi) is 6.01. The molecule has 2 heterocycles. The van der Waals surface area contributed by atoms with Crippen LogP contribution < -0.4 is 25.6 Å². The van der Waals surface area contributed by atoms with Gasteiger partial charge in [0.15, 0.2) is 5.13 Å². The van der Waals surface area contributed by atoms with Gasteiger partial charge in [0.2, 0.25) is 11.8 Å². The summed E-state index contributed by atoms with van der Waals surface area (Å²) in [6, 6.07) is 3.36. The SMILES string of the molecule is CN(C(=O)CNC(=O)[C@@H]1CNCCN1)c1nc2ccc(OC(F)(F)F)cc2s1. The molecule has 152 valence electrons. The number of amides is 2. The van der Waals surface area contributed by atoms with Gasteiger partial charge in [-0.15, -0.1) is 13.2 Å². The van der Waals surface area contributed by atoms with Gasteiger partial charge in [0.1, 0.15) is 5.75 Å². The number of carbonyl (C=O) groups excluding carboxylic acids is 2. The highest BCUT2D eigenvalue weighted by molar-refractivity contribution is 7.22. The van der Waals surface area contributed by atoms with Crippen molar-refractivity contribution < 1.29 is 27.5 Å². The van der Waals surface area contributed by atoms with E-state index in [0.717, 1.165) is 23.9 Å². The zero-order chi connectivity index (χ0) is 20.3. The Hall–Kier alpha value is -2.44. The number of hydrogen-bond donors (Lipinski definition) is 3. The van der Waals surface area contributed by atoms with Crippen LogP contribution in [0.4, 0.5) is 18.3 Å². The van der Waals surface area contributed by atoms with Gasteiger partial charge in [0.25, 0.3) is 0 Å². The number of thiazole rings is 1. The zero-order valence-electron chi connectivity index (χ0n) is 14.8. The molecule has 12 heteroatoms. The van der Waals surface area contributed by atoms with Gasteiger partial charge < -0.3 is 20.7 Å². The van der Waals surface area contributed by atoms with Gasteiger partial charge in [-0.1, -0.05) is 11.3 Å². The lowest BCUT2D eigenvalue weighted by Gasteiger charge is -2.23. The maximum Gasteiger partial charge on any atom is 0.573 e. The summed E-state index contributed by atoms with van der Waals surface area (Å²) < 4.78 is 41.3. The first-order valence-corrected chi connectivity index (χ1v) is 9.19. The largest absolute Gasteiger partial charge is 0.573 e. The van der Waals surface area contributed by atoms with E-state index in [0.29, 0.717) is 28.4 Å². The Morgan fingerprint density at radius 1 is 1.39 bits per heavy atom. The number of nitrogens with zero attached hydrogens (tertiary/aromatic N) is 2. The number of likely N-dealkylation sites (N-methyl/N-ethyl adjacent to an activating group) is 1. The number of halogens is 3. The summed E-state index contributed by atoms with van der Waals surface area (Å²) in [5.74, 6) is -1.04. The predicted molar refractivity (Wildman–Crippen MR) is 97.4 cm³/mol. The van der Waals surface area contributed by atoms with E-state index in [4.69, 9.17) is 0 Å². The lowest BCUT2D eigenvalue weighted by molar-refractivity contribution is -0.274. The van der Waals surface area contributed by atoms with Crippen molar-refractivity contribution in [1.82, 2.24) is 20.9 Å². The second kappa shape index (κ2) is 8.29. The predicted octanol–water partition coefficient (Wildman–Crippen LogP) is 0.835. The average molecular weight is 417 g/mol. The maximum absolute atomic E-state index is 12.3. The number of rotatable bonds is 5. The van der Waals surface area contributed by atoms with Crippen molar-refractivity contribution >= 4 is 38.5 Å². The molecule has 2 aromatic rings. The Balaban J connectivity index is 1.62. The highest BCUT2D eigenvalue weighted by Gasteiger charge is 2.31. The molecule has 0 saturated carbocycles. The van der Waals surface area contributed by atoms with E-state index in [-0.39, 0.29) is 18.2 Å². The van der Waals surface area contributed by atoms with Crippen molar-refractivity contribution in [3.63, 3.8) is 0 Å². The van der Waals surface area contributed by atoms with Gasteiger partial charge in [-0.3, -0.25) is 14.5 Å². The van der Waals surface area contributed by atoms with Crippen LogP contribution in [0.1, 0.15) is 0 Å². The van der Waals surface area contributed by atoms with Gasteiger partial charge in [0, 0.05) is 32.7 Å². The van der Waals surface area contributed by atoms with E-state index in [2.05, 4.69) is 25.7 Å². The van der Waals surface area contributed by atoms with E-state index in [1.165, 1.54) is 24.1 Å². The van der Waals surface area contributed by atoms with Crippen LogP contribution in [0, 0.1) is 0 Å². The Bertz CT molecular complexity index is 867. The Morgan fingerprint density at radius 3 is 2.86 bits per heavy atom. The van der Waals surface area contributed by atoms with E-state index >= 15 is 0 Å². The van der Waals surface area contributed by atoms with Crippen molar-refractivity contribution in [3.8, 4) is 5.75 Å². The second-order valence-electron chi connectivity index (χ2n) is 6.06. The molecule has 3 rings (SSSR count). The fourth-order valence-electron chi connectivity index (χ4n) is 2.58. The minimum Gasteiger partial charge on any atom is -0.406 e. The summed E-state index contributed by atoms with van der Waals surface area (Å²) in [5, 5.41) is 8.99. The summed E-state index contributed by atoms with van der Waals surface area (Å²) in [4.78, 5) is 29.9. The quantitative estimate of drug-likeness (QED) is 0.667. The Morgan fingerprint density at radius 2 is 2.18 bits per heavy atom. The summed E-state index contributed by atoms with van der Waals surface area (Å²) in [7, 11) is 1.49. The molecule has 0 spiro atoms. The molecule has 1 aromatic heterocycles. The number of aromatic nitrogens is 1. The summed E-state index contributed by atoms with van der Waals surface area (Å²) >= 11 is 1.05. The molecule has 1 aromatic carbocycles. The number of nitrogens with one attached hydrogen (secondary N) is 3. The van der Waals surface area contributed by atoms with Gasteiger partial charge >= 0.3 is 6.36 Å². The molecule has 1 fully saturated rings. The number of fused-ring (bicyclic) bond motifs is 1. The van der Waals surface area contributed by atoms with E-state index in [1.54, 1.807) is 0 Å². The number of alkyl halides is 3. The van der Waals surface area contributed by atoms with Crippen molar-refractivity contribution in [2.24, 2.45) is 0 Å². The molecule has 0 unspecified atom stereocenters. The molecule has 8 nitrogen and oxygen atoms in total. The molecule has 0 radical (unpaired) electrons. The number of hydrogen-bond acceptors (Lipinski definition) is 7. The molecule has 0 bridgehead atoms. The number of benzene rings is 1. The molecule has 0 aliphatic carbocycles. The molecule has 3 N–H and O–H groups in total. The first kappa shape index (κ1) is 20.3. The summed E-state index contributed by atoms with van der Waals surface area (Å²) in [5.41, 5.74) is 0.440. The molecule has 1 saturated heterocycles. The van der Waals surface area contributed by atoms with Crippen molar-refractivity contribution in [2.45, 2.75) is 12.4 Å². The van der Waals surface area contributed by atoms with Crippen LogP contribution in [-0.4, -0.2) is 62.4 Å². The topological polar surface area (TPSA) is 95.6 Å². The molecular formula is C16H18F3N5O3S. The Labute approximate surface area is 162 Å². The van der Waals surface area contributed by atoms with E-state index in [1.807, 2.05) is 0 Å². The van der Waals surface area contributed by atoms with Crippen LogP contribution in [-0.2, 0) is 9.59 Å². The molecule has 1 aliphatic rings. The second-order valence-corrected chi connectivity index (χ2v) is 7.06. The highest BCUT2D eigenvalue weighted by atomic mass is 32.1. The third kappa shape index (κ3) is 5.09. The molecule has 2 amide bonds. The minimum absolute atomic E-state index is 0.216. The number of anilines is 1. The van der Waals surface area contributed by atoms with Crippen molar-refractivity contribution in [3.05, 3.63) is 18.2 Å². The average Bonchev–Trinajstić information content (AvgIpc) is 3.07. The van der Waals surface area contributed by atoms with Gasteiger partial charge in [-0.25, -0.2) is 4.98 Å². The van der Waals surface area contributed by atoms with Crippen LogP contribution in [0.15, 0.2) is 18.2 Å². The van der Waals surface area contributed by atoms with Crippen LogP contribution in [0.3, 0.4) is 0 Å². The standard InChI is InChI=1S/C16H18F3N5O3S/c1-24(13(25)8-22-14(26)11-7-20-4-5-21-11)15-23-10-3-2-9(6-12(10)28-15)27-16(17,18)19/h2-3,6,11,20-21H,4-5,7-8H2,1H3,(H,22,26)/t11-/m0/s1. The van der Waals surface area contributed by atoms with Crippen molar-refractivity contribution in [2.75, 3.05) is 38.1 Å². The first-order valence-electron chi connectivity index (χ1n) is 8.37. The molecule has 28 heavy (non-hydrogen) atoms. The van der Waals surface area contributed by atoms with E-state index < -0.39 is 18.3 Å². The maximum atomic E-state index is 12.3. The van der Waals surface area contributed by atoms with Crippen molar-refractivity contribution in [1.29, 1.82) is 0 Å². The van der Waals surface area contributed by atoms with Crippen LogP contribution in [0.2, 0.25) is 0 Å². The lowest BCUT2D eigenvalue weighted by Crippen LogP contribution is -2.56. The molecule has 1 atom stereocenters. The smallest absolute Gasteiger partial charge is 0.406 e. The highest BCUT2D eigenvalue weighted by Crippen LogP contribution is 2.32.